The Labute approximate surface area is 827 Å². The number of likely N-dealkylation sites (tertiary alicyclic amines) is 2. The van der Waals surface area contributed by atoms with Crippen molar-refractivity contribution in [2.45, 2.75) is 287 Å². The summed E-state index contributed by atoms with van der Waals surface area (Å²) in [6, 6.07) is 36.8. The van der Waals surface area contributed by atoms with Crippen LogP contribution in [0.3, 0.4) is 0 Å². The molecule has 8 spiro atoms. The van der Waals surface area contributed by atoms with Crippen LogP contribution in [-0.4, -0.2) is 188 Å². The summed E-state index contributed by atoms with van der Waals surface area (Å²) in [5.41, 5.74) is 20.5. The van der Waals surface area contributed by atoms with Crippen LogP contribution in [0, 0.1) is 50.7 Å². The molecule has 6 saturated heterocycles. The molecule has 30 rings (SSSR count). The number of aliphatic hydroxyl groups is 5. The number of hydrogen-bond donors (Lipinski definition) is 6. The third-order valence-electron chi connectivity index (χ3n) is 41.9. The molecule has 1 amide bonds. The van der Waals surface area contributed by atoms with E-state index in [0.29, 0.717) is 72.9 Å². The molecular formula is C123H135N7O11. The first kappa shape index (κ1) is 90.2. The molecule has 26 atom stereocenters. The Hall–Kier alpha value is -9.61. The van der Waals surface area contributed by atoms with Crippen LogP contribution in [0.5, 0.6) is 0 Å². The van der Waals surface area contributed by atoms with E-state index in [0.717, 1.165) is 109 Å². The minimum absolute atomic E-state index is 0.0512. The Morgan fingerprint density at radius 1 is 0.383 bits per heavy atom. The Bertz CT molecular complexity index is 6920. The number of hydrogen-bond acceptors (Lipinski definition) is 17. The third-order valence-corrected chi connectivity index (χ3v) is 41.9. The summed E-state index contributed by atoms with van der Waals surface area (Å²) >= 11 is 0. The molecular weight excluding hydrogens is 1750 g/mol. The largest absolute Gasteiger partial charge is 0.396 e. The third kappa shape index (κ3) is 13.5. The highest BCUT2D eigenvalue weighted by molar-refractivity contribution is 5.85. The topological polar surface area (TPSA) is 248 Å². The first-order chi connectivity index (χ1) is 68.3. The summed E-state index contributed by atoms with van der Waals surface area (Å²) in [5, 5.41) is 60.2. The molecule has 728 valence electrons. The van der Waals surface area contributed by atoms with Gasteiger partial charge in [-0.2, -0.15) is 0 Å². The SMILES string of the molecule is C[C@]12CC=C3C=C4C=C[C@@H](N5CC(CO)(CO)C5)CC45CC[C@]3(O5)[C@@H]1CC[C@@H]2c1ccc2ccncc2c1.C[C@]12CC=C3C=C4C=C[C@@H](N5C[C@@H](O)[C@@H](O)C5)CC45CC[C@]3(O5)[C@@H]1CC[C@@H]2c1ccc2ccncc2c1.C[C@]12CC=C3C=C4C=C[C@@H](O)CC45CC[C@]3(O5)[C@@H]1CC[C@@H]2c1ccc2ccncc2c1.C[C@]12CC=C3C=C4C=C[C@@H](OCC(N)=O)CC45CC[C@]3(O5)[C@@H]1CC[C@@H]2c1ccc2ccncc2c1. The van der Waals surface area contributed by atoms with E-state index in [9.17, 15) is 30.3 Å². The summed E-state index contributed by atoms with van der Waals surface area (Å²) in [4.78, 5) is 33.4. The number of carbonyl (C=O) groups excluding carboxylic acids is 1. The van der Waals surface area contributed by atoms with E-state index in [1.807, 2.05) is 55.7 Å². The number of nitrogens with two attached hydrogens (primary N) is 1. The van der Waals surface area contributed by atoms with Gasteiger partial charge in [0.25, 0.3) is 0 Å². The molecule has 7 N–H and O–H groups in total. The molecule has 12 aliphatic carbocycles. The fraction of sp³-hybridized carbons (Fsp3) is 0.504. The van der Waals surface area contributed by atoms with Crippen LogP contribution in [0.25, 0.3) is 43.1 Å². The second kappa shape index (κ2) is 32.4. The van der Waals surface area contributed by atoms with Gasteiger partial charge in [-0.05, 0) is 347 Å². The maximum Gasteiger partial charge on any atom is 0.243 e. The number of primary amides is 1. The van der Waals surface area contributed by atoms with Crippen LogP contribution < -0.4 is 5.73 Å². The van der Waals surface area contributed by atoms with Gasteiger partial charge in [-0.15, -0.1) is 0 Å². The number of benzene rings is 4. The molecule has 18 nitrogen and oxygen atoms in total. The molecule has 141 heavy (non-hydrogen) atoms. The fourth-order valence-electron chi connectivity index (χ4n) is 34.8. The quantitative estimate of drug-likeness (QED) is 0.0704. The minimum Gasteiger partial charge on any atom is -0.396 e. The summed E-state index contributed by atoms with van der Waals surface area (Å²) in [6.07, 6.45) is 76.6. The van der Waals surface area contributed by atoms with E-state index in [2.05, 4.69) is 246 Å². The second-order valence-electron chi connectivity index (χ2n) is 48.6. The Balaban J connectivity index is 0.0000000944. The van der Waals surface area contributed by atoms with Gasteiger partial charge in [0.05, 0.1) is 82.4 Å². The molecule has 4 unspecified atom stereocenters. The highest BCUT2D eigenvalue weighted by atomic mass is 16.6. The van der Waals surface area contributed by atoms with Crippen molar-refractivity contribution in [3.8, 4) is 0 Å². The van der Waals surface area contributed by atoms with Crippen molar-refractivity contribution in [2.75, 3.05) is 46.0 Å². The zero-order chi connectivity index (χ0) is 95.4. The number of fused-ring (bicyclic) bond motifs is 8. The zero-order valence-electron chi connectivity index (χ0n) is 82.0. The van der Waals surface area contributed by atoms with Crippen LogP contribution in [-0.2, 0) is 28.5 Å². The molecule has 10 aliphatic heterocycles. The van der Waals surface area contributed by atoms with Gasteiger partial charge in [0, 0.05) is 128 Å². The lowest BCUT2D eigenvalue weighted by atomic mass is 9.58. The number of β-amino-alcohol motifs (C(OH)–C–C–N with tert-alkyl or cyclic N) is 2. The molecule has 4 aromatic heterocycles. The van der Waals surface area contributed by atoms with Gasteiger partial charge in [0.1, 0.15) is 6.61 Å². The van der Waals surface area contributed by atoms with Crippen molar-refractivity contribution < 1.29 is 54.0 Å². The lowest BCUT2D eigenvalue weighted by Crippen LogP contribution is -2.64. The van der Waals surface area contributed by atoms with E-state index in [1.165, 1.54) is 161 Å². The minimum atomic E-state index is -0.653. The van der Waals surface area contributed by atoms with Gasteiger partial charge < -0.3 is 55.0 Å². The highest BCUT2D eigenvalue weighted by Crippen LogP contribution is 2.75. The number of carbonyl (C=O) groups is 1. The van der Waals surface area contributed by atoms with Gasteiger partial charge in [-0.3, -0.25) is 34.5 Å². The van der Waals surface area contributed by atoms with Crippen molar-refractivity contribution in [1.82, 2.24) is 29.7 Å². The molecule has 8 bridgehead atoms. The molecule has 0 radical (unpaired) electrons. The number of nitrogens with zero attached hydrogens (tertiary/aromatic N) is 6. The molecule has 8 aromatic rings. The summed E-state index contributed by atoms with van der Waals surface area (Å²) in [5.74, 6) is 3.70. The molecule has 4 aromatic carbocycles. The molecule has 22 aliphatic rings. The number of aliphatic hydroxyl groups excluding tert-OH is 5. The van der Waals surface area contributed by atoms with Crippen molar-refractivity contribution >= 4 is 49.0 Å². The number of allylic oxidation sites excluding steroid dienone is 4. The smallest absolute Gasteiger partial charge is 0.243 e. The van der Waals surface area contributed by atoms with Gasteiger partial charge in [0.15, 0.2) is 0 Å². The number of rotatable bonds is 11. The van der Waals surface area contributed by atoms with E-state index in [4.69, 9.17) is 29.4 Å². The lowest BCUT2D eigenvalue weighted by molar-refractivity contribution is -0.143. The summed E-state index contributed by atoms with van der Waals surface area (Å²) < 4.78 is 35.0. The Morgan fingerprint density at radius 2 is 0.702 bits per heavy atom. The zero-order valence-corrected chi connectivity index (χ0v) is 82.0. The molecule has 4 saturated carbocycles. The van der Waals surface area contributed by atoms with Crippen LogP contribution in [0.4, 0.5) is 0 Å². The van der Waals surface area contributed by atoms with E-state index >= 15 is 0 Å². The van der Waals surface area contributed by atoms with E-state index in [1.54, 1.807) is 0 Å². The average molecular weight is 1890 g/mol. The number of aromatic nitrogens is 4. The Morgan fingerprint density at radius 3 is 1.04 bits per heavy atom. The van der Waals surface area contributed by atoms with Gasteiger partial charge in [-0.1, -0.05) is 173 Å². The van der Waals surface area contributed by atoms with Gasteiger partial charge in [0.2, 0.25) is 5.91 Å². The monoisotopic (exact) mass is 1890 g/mol. The highest BCUT2D eigenvalue weighted by Gasteiger charge is 2.72. The first-order valence-electron chi connectivity index (χ1n) is 53.5. The first-order valence-corrected chi connectivity index (χ1v) is 53.5. The fourth-order valence-corrected chi connectivity index (χ4v) is 34.8. The molecule has 10 fully saturated rings. The average Bonchev–Trinajstić information content (AvgIpc) is 1.53. The van der Waals surface area contributed by atoms with Crippen LogP contribution in [0.1, 0.15) is 228 Å². The van der Waals surface area contributed by atoms with Gasteiger partial charge >= 0.3 is 0 Å². The summed E-state index contributed by atoms with van der Waals surface area (Å²) in [7, 11) is 0. The van der Waals surface area contributed by atoms with E-state index < -0.39 is 24.2 Å². The van der Waals surface area contributed by atoms with E-state index in [-0.39, 0.29) is 104 Å². The van der Waals surface area contributed by atoms with Crippen LogP contribution >= 0.6 is 0 Å². The lowest BCUT2D eigenvalue weighted by Gasteiger charge is -2.56. The maximum absolute atomic E-state index is 11.3. The maximum atomic E-state index is 11.3. The predicted octanol–water partition coefficient (Wildman–Crippen LogP) is 20.3. The van der Waals surface area contributed by atoms with Crippen molar-refractivity contribution in [2.24, 2.45) is 56.5 Å². The van der Waals surface area contributed by atoms with Crippen molar-refractivity contribution in [3.63, 3.8) is 0 Å². The van der Waals surface area contributed by atoms with Gasteiger partial charge in [-0.25, -0.2) is 0 Å². The molecule has 14 heterocycles. The number of amides is 1. The number of ether oxygens (including phenoxy) is 5. The van der Waals surface area contributed by atoms with Crippen molar-refractivity contribution in [3.05, 3.63) is 311 Å². The summed E-state index contributed by atoms with van der Waals surface area (Å²) in [6.45, 7) is 12.7. The Kier molecular flexibility index (Phi) is 20.7. The second-order valence-corrected chi connectivity index (χ2v) is 48.6. The molecule has 18 heteroatoms. The standard InChI is InChI=1S/C33H38N2O3.C32H36N2O3.C30H32N2O3.C28H29NO2/c1-30-10-8-26-15-25-4-5-27(35-18-31(19-35,20-36)21-37)16-32(25)11-12-33(26,38-32)29(30)7-6-28(30)23-3-2-22-9-13-34-17-24(22)14-23;1-30-10-8-24-15-23-4-5-25(34-18-27(35)28(36)19-34)16-31(23)11-12-32(24,37-31)29(30)7-6-26(30)21-3-2-20-9-13-33-17-22(20)14-21;1-28-10-8-23-15-22-4-5-24(34-18-27(31)33)16-29(22)11-12-30(23,35-29)26(28)7-6-25(28)20-3-2-19-9-13-32-17-21(19)14-20;1-26-10-8-22-15-21-4-5-23(30)16-27(21)11-12-28(22,31-27)25(26)7-6-24(26)19-3-2-18-9-13-29-17-20(18)14-19/h2-5,8-9,13-15,17,27-29,36-37H,6-7,10-12,16,18-21H2,1H3;2-5,8-9,13-15,17,25-29,35-36H,6-7,10-12,16,18-19H2,1H3;2-5,8-9,13-15,17,24-26H,6-7,10-12,16,18H2,1H3,(H2,31,33);2-5,8-9,13-15,17,23-25,30H,6-7,10-12,16H2,1H3/t27-,28-,29-,30-,32?,33-;25-,26-,27-,28+,29-,30-,31?,32-;24-,25-,26-,28-,29?,30-;23-,24-,25-,26-,27?,28-/m1111/s1. The predicted molar refractivity (Wildman–Crippen MR) is 547 cm³/mol. The number of pyridine rings is 4. The van der Waals surface area contributed by atoms with Crippen molar-refractivity contribution in [1.29, 1.82) is 0 Å². The van der Waals surface area contributed by atoms with Crippen LogP contribution in [0.2, 0.25) is 0 Å². The van der Waals surface area contributed by atoms with Crippen LogP contribution in [0.15, 0.2) is 288 Å². The normalized spacial score (nSPS) is 41.6.